The van der Waals surface area contributed by atoms with Gasteiger partial charge in [-0.25, -0.2) is 15.0 Å². The molecule has 0 aliphatic carbocycles. The number of fused-ring (bicyclic) bond motifs is 6. The van der Waals surface area contributed by atoms with Crippen molar-refractivity contribution in [3.05, 3.63) is 194 Å². The molecule has 56 heavy (non-hydrogen) atoms. The lowest BCUT2D eigenvalue weighted by Crippen LogP contribution is -2.01. The van der Waals surface area contributed by atoms with E-state index in [9.17, 15) is 0 Å². The smallest absolute Gasteiger partial charge is 0.164 e. The Morgan fingerprint density at radius 2 is 0.911 bits per heavy atom. The summed E-state index contributed by atoms with van der Waals surface area (Å²) >= 11 is 1.84. The number of hydrogen-bond donors (Lipinski definition) is 0. The Balaban J connectivity index is 1.18. The van der Waals surface area contributed by atoms with Crippen LogP contribution in [0.25, 0.3) is 104 Å². The fourth-order valence-corrected chi connectivity index (χ4v) is 9.32. The molecule has 3 aromatic heterocycles. The fraction of sp³-hybridized carbons (Fsp3) is 0. The van der Waals surface area contributed by atoms with Crippen molar-refractivity contribution in [1.29, 1.82) is 0 Å². The average molecular weight is 733 g/mol. The summed E-state index contributed by atoms with van der Waals surface area (Å²) in [6.45, 7) is 0. The van der Waals surface area contributed by atoms with E-state index < -0.39 is 0 Å². The van der Waals surface area contributed by atoms with Crippen LogP contribution in [0.5, 0.6) is 0 Å². The van der Waals surface area contributed by atoms with E-state index in [0.717, 1.165) is 60.9 Å². The maximum atomic E-state index is 5.38. The third-order valence-electron chi connectivity index (χ3n) is 10.6. The third kappa shape index (κ3) is 5.40. The van der Waals surface area contributed by atoms with Crippen LogP contribution in [0.15, 0.2) is 194 Å². The zero-order chi connectivity index (χ0) is 37.0. The lowest BCUT2D eigenvalue weighted by molar-refractivity contribution is 1.08. The standard InChI is InChI=1S/C51H32N4S/c1-4-16-33(17-5-1)35-30-36(39-24-14-25-41-40-22-11-13-29-46(40)56-48(39)41)32-37(31-35)50-52-49(34-18-6-2-7-19-34)53-51(54-50)43-26-15-28-45-47(43)42-23-10-12-27-44(42)55(45)38-20-8-3-9-21-38/h1-32H. The van der Waals surface area contributed by atoms with Gasteiger partial charge in [0, 0.05) is 53.3 Å². The molecular formula is C51H32N4S. The van der Waals surface area contributed by atoms with Crippen LogP contribution >= 0.6 is 11.3 Å². The van der Waals surface area contributed by atoms with Crippen molar-refractivity contribution in [3.8, 4) is 62.1 Å². The Bertz CT molecular complexity index is 3240. The van der Waals surface area contributed by atoms with E-state index in [1.54, 1.807) is 0 Å². The van der Waals surface area contributed by atoms with Gasteiger partial charge in [0.05, 0.1) is 11.0 Å². The first-order chi connectivity index (χ1) is 27.8. The molecule has 0 unspecified atom stereocenters. The molecule has 0 radical (unpaired) electrons. The summed E-state index contributed by atoms with van der Waals surface area (Å²) in [6.07, 6.45) is 0. The molecule has 0 spiro atoms. The molecule has 11 rings (SSSR count). The van der Waals surface area contributed by atoms with Gasteiger partial charge >= 0.3 is 0 Å². The van der Waals surface area contributed by atoms with Crippen molar-refractivity contribution in [2.24, 2.45) is 0 Å². The van der Waals surface area contributed by atoms with E-state index >= 15 is 0 Å². The topological polar surface area (TPSA) is 43.6 Å². The second-order valence-electron chi connectivity index (χ2n) is 14.0. The van der Waals surface area contributed by atoms with E-state index in [2.05, 4.69) is 180 Å². The first kappa shape index (κ1) is 32.2. The van der Waals surface area contributed by atoms with E-state index in [1.165, 1.54) is 25.7 Å². The molecule has 4 nitrogen and oxygen atoms in total. The molecule has 0 amide bonds. The van der Waals surface area contributed by atoms with Gasteiger partial charge in [-0.3, -0.25) is 0 Å². The Hall–Kier alpha value is -7.21. The molecule has 5 heteroatoms. The number of benzene rings is 8. The lowest BCUT2D eigenvalue weighted by atomic mass is 9.95. The highest BCUT2D eigenvalue weighted by Gasteiger charge is 2.21. The second kappa shape index (κ2) is 13.3. The summed E-state index contributed by atoms with van der Waals surface area (Å²) in [5, 5.41) is 4.81. The summed E-state index contributed by atoms with van der Waals surface area (Å²) in [6, 6.07) is 68.5. The number of hydrogen-bond acceptors (Lipinski definition) is 4. The molecule has 0 N–H and O–H groups in total. The minimum absolute atomic E-state index is 0.625. The van der Waals surface area contributed by atoms with Crippen LogP contribution < -0.4 is 0 Å². The maximum absolute atomic E-state index is 5.38. The fourth-order valence-electron chi connectivity index (χ4n) is 8.09. The molecule has 262 valence electrons. The number of thiophene rings is 1. The van der Waals surface area contributed by atoms with E-state index in [0.29, 0.717) is 17.5 Å². The number of aromatic nitrogens is 4. The van der Waals surface area contributed by atoms with Gasteiger partial charge in [-0.1, -0.05) is 146 Å². The van der Waals surface area contributed by atoms with E-state index in [-0.39, 0.29) is 0 Å². The Labute approximate surface area is 327 Å². The van der Waals surface area contributed by atoms with Gasteiger partial charge in [-0.2, -0.15) is 0 Å². The minimum Gasteiger partial charge on any atom is -0.309 e. The SMILES string of the molecule is c1ccc(-c2cc(-c3nc(-c4ccccc4)nc(-c4cccc5c4c4ccccc4n5-c4ccccc4)n3)cc(-c3cccc4c3sc3ccccc34)c2)cc1. The quantitative estimate of drug-likeness (QED) is 0.171. The molecule has 0 atom stereocenters. The van der Waals surface area contributed by atoms with Gasteiger partial charge in [-0.15, -0.1) is 11.3 Å². The molecule has 0 saturated heterocycles. The summed E-state index contributed by atoms with van der Waals surface area (Å²) in [5.74, 6) is 1.89. The zero-order valence-electron chi connectivity index (χ0n) is 30.2. The normalized spacial score (nSPS) is 11.6. The highest BCUT2D eigenvalue weighted by atomic mass is 32.1. The van der Waals surface area contributed by atoms with Crippen molar-refractivity contribution in [1.82, 2.24) is 19.5 Å². The van der Waals surface area contributed by atoms with Gasteiger partial charge in [0.1, 0.15) is 0 Å². The highest BCUT2D eigenvalue weighted by molar-refractivity contribution is 7.26. The number of para-hydroxylation sites is 2. The lowest BCUT2D eigenvalue weighted by Gasteiger charge is -2.13. The molecular weight excluding hydrogens is 701 g/mol. The molecule has 0 saturated carbocycles. The number of rotatable bonds is 6. The van der Waals surface area contributed by atoms with E-state index in [1.807, 2.05) is 29.5 Å². The number of nitrogens with zero attached hydrogens (tertiary/aromatic N) is 4. The molecule has 0 aliphatic heterocycles. The largest absolute Gasteiger partial charge is 0.309 e. The molecule has 0 aliphatic rings. The Morgan fingerprint density at radius 3 is 1.71 bits per heavy atom. The van der Waals surface area contributed by atoms with E-state index in [4.69, 9.17) is 15.0 Å². The van der Waals surface area contributed by atoms with Crippen LogP contribution in [-0.2, 0) is 0 Å². The minimum atomic E-state index is 0.625. The van der Waals surface area contributed by atoms with Crippen LogP contribution in [-0.4, -0.2) is 19.5 Å². The van der Waals surface area contributed by atoms with Crippen LogP contribution in [0.4, 0.5) is 0 Å². The summed E-state index contributed by atoms with van der Waals surface area (Å²) < 4.78 is 4.89. The van der Waals surface area contributed by atoms with Crippen LogP contribution in [0.2, 0.25) is 0 Å². The molecule has 3 heterocycles. The monoisotopic (exact) mass is 732 g/mol. The maximum Gasteiger partial charge on any atom is 0.164 e. The third-order valence-corrected chi connectivity index (χ3v) is 11.9. The van der Waals surface area contributed by atoms with Crippen molar-refractivity contribution in [2.45, 2.75) is 0 Å². The van der Waals surface area contributed by atoms with Crippen molar-refractivity contribution in [3.63, 3.8) is 0 Å². The Morgan fingerprint density at radius 1 is 0.357 bits per heavy atom. The highest BCUT2D eigenvalue weighted by Crippen LogP contribution is 2.43. The van der Waals surface area contributed by atoms with Crippen LogP contribution in [0.3, 0.4) is 0 Å². The van der Waals surface area contributed by atoms with Crippen molar-refractivity contribution in [2.75, 3.05) is 0 Å². The van der Waals surface area contributed by atoms with Gasteiger partial charge in [0.15, 0.2) is 17.5 Å². The van der Waals surface area contributed by atoms with Crippen molar-refractivity contribution >= 4 is 53.3 Å². The molecule has 0 fully saturated rings. The molecule has 11 aromatic rings. The molecule has 8 aromatic carbocycles. The van der Waals surface area contributed by atoms with Crippen molar-refractivity contribution < 1.29 is 0 Å². The van der Waals surface area contributed by atoms with Crippen LogP contribution in [0.1, 0.15) is 0 Å². The van der Waals surface area contributed by atoms with Gasteiger partial charge < -0.3 is 4.57 Å². The van der Waals surface area contributed by atoms with Gasteiger partial charge in [-0.05, 0) is 70.8 Å². The average Bonchev–Trinajstić information content (AvgIpc) is 3.83. The Kier molecular flexibility index (Phi) is 7.64. The second-order valence-corrected chi connectivity index (χ2v) is 15.1. The summed E-state index contributed by atoms with van der Waals surface area (Å²) in [7, 11) is 0. The summed E-state index contributed by atoms with van der Waals surface area (Å²) in [4.78, 5) is 15.8. The van der Waals surface area contributed by atoms with Crippen LogP contribution in [0, 0.1) is 0 Å². The first-order valence-electron chi connectivity index (χ1n) is 18.8. The van der Waals surface area contributed by atoms with Gasteiger partial charge in [0.25, 0.3) is 0 Å². The first-order valence-corrected chi connectivity index (χ1v) is 19.6. The summed E-state index contributed by atoms with van der Waals surface area (Å²) in [5.41, 5.74) is 10.7. The molecule has 0 bridgehead atoms. The predicted octanol–water partition coefficient (Wildman–Crippen LogP) is 13.7. The predicted molar refractivity (Wildman–Crippen MR) is 234 cm³/mol. The van der Waals surface area contributed by atoms with Gasteiger partial charge in [0.2, 0.25) is 0 Å². The zero-order valence-corrected chi connectivity index (χ0v) is 31.0.